The molecule has 29 heavy (non-hydrogen) atoms. The second-order valence-corrected chi connectivity index (χ2v) is 7.67. The largest absolute Gasteiger partial charge is 0.336 e. The van der Waals surface area contributed by atoms with Crippen LogP contribution < -0.4 is 10.6 Å². The molecule has 2 aromatic carbocycles. The molecule has 0 aromatic heterocycles. The highest BCUT2D eigenvalue weighted by Gasteiger charge is 2.34. The summed E-state index contributed by atoms with van der Waals surface area (Å²) in [5.74, 6) is -1.02. The first-order valence-corrected chi connectivity index (χ1v) is 9.92. The highest BCUT2D eigenvalue weighted by molar-refractivity contribution is 8.18. The molecule has 6 nitrogen and oxygen atoms in total. The number of halogens is 3. The van der Waals surface area contributed by atoms with Gasteiger partial charge in [0.1, 0.15) is 5.82 Å². The molecule has 0 spiro atoms. The zero-order valence-corrected chi connectivity index (χ0v) is 17.1. The molecule has 0 radical (unpaired) electrons. The van der Waals surface area contributed by atoms with Crippen LogP contribution in [0.1, 0.15) is 5.56 Å². The lowest BCUT2D eigenvalue weighted by Gasteiger charge is -2.13. The van der Waals surface area contributed by atoms with Crippen molar-refractivity contribution in [1.29, 1.82) is 0 Å². The summed E-state index contributed by atoms with van der Waals surface area (Å²) in [6, 6.07) is 10.0. The van der Waals surface area contributed by atoms with Gasteiger partial charge in [-0.3, -0.25) is 14.5 Å². The molecule has 3 rings (SSSR count). The lowest BCUT2D eigenvalue weighted by atomic mass is 10.2. The summed E-state index contributed by atoms with van der Waals surface area (Å²) in [6.45, 7) is 0.0201. The molecule has 0 atom stereocenters. The molecule has 10 heteroatoms. The van der Waals surface area contributed by atoms with Crippen LogP contribution in [0.3, 0.4) is 0 Å². The van der Waals surface area contributed by atoms with Gasteiger partial charge in [-0.2, -0.15) is 0 Å². The molecule has 1 aliphatic heterocycles. The Hall–Kier alpha value is -2.55. The van der Waals surface area contributed by atoms with Gasteiger partial charge in [-0.05, 0) is 42.1 Å². The van der Waals surface area contributed by atoms with E-state index in [4.69, 9.17) is 23.2 Å². The zero-order valence-electron chi connectivity index (χ0n) is 14.7. The minimum absolute atomic E-state index is 0.0198. The molecular formula is C19H14Cl2FN3O3S. The molecule has 150 valence electrons. The predicted octanol–water partition coefficient (Wildman–Crippen LogP) is 4.99. The second kappa shape index (κ2) is 9.30. The van der Waals surface area contributed by atoms with Crippen LogP contribution in [0.25, 0.3) is 6.08 Å². The minimum Gasteiger partial charge on any atom is -0.336 e. The van der Waals surface area contributed by atoms with Gasteiger partial charge in [0, 0.05) is 24.3 Å². The van der Waals surface area contributed by atoms with Gasteiger partial charge in [0.15, 0.2) is 0 Å². The number of rotatable bonds is 5. The number of benzene rings is 2. The van der Waals surface area contributed by atoms with Gasteiger partial charge >= 0.3 is 6.03 Å². The van der Waals surface area contributed by atoms with E-state index in [0.29, 0.717) is 15.7 Å². The summed E-state index contributed by atoms with van der Waals surface area (Å²) in [5.41, 5.74) is 0.660. The Balaban J connectivity index is 1.54. The molecule has 0 aliphatic carbocycles. The van der Waals surface area contributed by atoms with E-state index in [9.17, 15) is 18.8 Å². The quantitative estimate of drug-likeness (QED) is 0.624. The van der Waals surface area contributed by atoms with E-state index in [0.717, 1.165) is 16.7 Å². The lowest BCUT2D eigenvalue weighted by molar-refractivity contribution is -0.122. The molecule has 0 unspecified atom stereocenters. The van der Waals surface area contributed by atoms with Crippen LogP contribution in [0.4, 0.5) is 19.7 Å². The molecular weight excluding hydrogens is 440 g/mol. The summed E-state index contributed by atoms with van der Waals surface area (Å²) in [7, 11) is 0. The van der Waals surface area contributed by atoms with Crippen LogP contribution >= 0.6 is 35.0 Å². The second-order valence-electron chi connectivity index (χ2n) is 5.86. The maximum atomic E-state index is 13.7. The van der Waals surface area contributed by atoms with E-state index in [-0.39, 0.29) is 23.6 Å². The van der Waals surface area contributed by atoms with Gasteiger partial charge < -0.3 is 10.6 Å². The van der Waals surface area contributed by atoms with Gasteiger partial charge in [-0.15, -0.1) is 0 Å². The number of imide groups is 1. The summed E-state index contributed by atoms with van der Waals surface area (Å²) in [5, 5.41) is 5.29. The maximum Gasteiger partial charge on any atom is 0.319 e. The molecule has 1 saturated heterocycles. The van der Waals surface area contributed by atoms with E-state index in [1.165, 1.54) is 30.3 Å². The van der Waals surface area contributed by atoms with Crippen molar-refractivity contribution in [2.45, 2.75) is 0 Å². The minimum atomic E-state index is -0.532. The molecule has 2 N–H and O–H groups in total. The third-order valence-corrected chi connectivity index (χ3v) is 5.51. The average Bonchev–Trinajstić information content (AvgIpc) is 2.94. The van der Waals surface area contributed by atoms with Crippen molar-refractivity contribution in [3.8, 4) is 0 Å². The number of anilines is 1. The molecule has 1 aliphatic rings. The van der Waals surface area contributed by atoms with Crippen LogP contribution in [0.15, 0.2) is 47.4 Å². The number of nitrogens with zero attached hydrogens (tertiary/aromatic N) is 1. The first kappa shape index (κ1) is 21.2. The lowest BCUT2D eigenvalue weighted by Crippen LogP contribution is -2.38. The van der Waals surface area contributed by atoms with Gasteiger partial charge in [0.05, 0.1) is 15.0 Å². The third kappa shape index (κ3) is 5.29. The van der Waals surface area contributed by atoms with Crippen LogP contribution in [-0.2, 0) is 4.79 Å². The van der Waals surface area contributed by atoms with E-state index in [1.807, 2.05) is 0 Å². The van der Waals surface area contributed by atoms with Crippen molar-refractivity contribution in [3.05, 3.63) is 68.8 Å². The van der Waals surface area contributed by atoms with Gasteiger partial charge in [0.25, 0.3) is 11.1 Å². The monoisotopic (exact) mass is 453 g/mol. The summed E-state index contributed by atoms with van der Waals surface area (Å²) >= 11 is 12.4. The van der Waals surface area contributed by atoms with Crippen molar-refractivity contribution in [3.63, 3.8) is 0 Å². The SMILES string of the molecule is O=C(NCCN1C(=O)S/C(=C\c2ccccc2F)C1=O)Nc1ccc(Cl)c(Cl)c1. The first-order valence-electron chi connectivity index (χ1n) is 8.35. The smallest absolute Gasteiger partial charge is 0.319 e. The Morgan fingerprint density at radius 3 is 2.62 bits per heavy atom. The molecule has 2 aromatic rings. The topological polar surface area (TPSA) is 78.5 Å². The van der Waals surface area contributed by atoms with Gasteiger partial charge in [-0.25, -0.2) is 9.18 Å². The Morgan fingerprint density at radius 2 is 1.90 bits per heavy atom. The molecule has 1 fully saturated rings. The number of hydrogen-bond donors (Lipinski definition) is 2. The van der Waals surface area contributed by atoms with Crippen molar-refractivity contribution in [2.75, 3.05) is 18.4 Å². The third-order valence-electron chi connectivity index (χ3n) is 3.86. The predicted molar refractivity (Wildman–Crippen MR) is 113 cm³/mol. The first-order chi connectivity index (χ1) is 13.8. The Morgan fingerprint density at radius 1 is 1.14 bits per heavy atom. The summed E-state index contributed by atoms with van der Waals surface area (Å²) in [6.07, 6.45) is 1.34. The zero-order chi connectivity index (χ0) is 21.0. The number of amides is 4. The standard InChI is InChI=1S/C19H14Cl2FN3O3S/c20-13-6-5-12(10-14(13)21)24-18(27)23-7-8-25-17(26)16(29-19(25)28)9-11-3-1-2-4-15(11)22/h1-6,9-10H,7-8H2,(H2,23,24,27)/b16-9-. The van der Waals surface area contributed by atoms with Crippen LogP contribution in [0, 0.1) is 5.82 Å². The number of carbonyl (C=O) groups excluding carboxylic acids is 3. The summed E-state index contributed by atoms with van der Waals surface area (Å²) < 4.78 is 13.7. The van der Waals surface area contributed by atoms with Crippen molar-refractivity contribution in [1.82, 2.24) is 10.2 Å². The highest BCUT2D eigenvalue weighted by atomic mass is 35.5. The molecule has 0 bridgehead atoms. The maximum absolute atomic E-state index is 13.7. The normalized spacial score (nSPS) is 15.1. The van der Waals surface area contributed by atoms with Crippen molar-refractivity contribution < 1.29 is 18.8 Å². The number of urea groups is 1. The summed E-state index contributed by atoms with van der Waals surface area (Å²) in [4.78, 5) is 37.6. The Labute approximate surface area is 180 Å². The Bertz CT molecular complexity index is 1020. The fourth-order valence-electron chi connectivity index (χ4n) is 2.46. The highest BCUT2D eigenvalue weighted by Crippen LogP contribution is 2.32. The van der Waals surface area contributed by atoms with Crippen LogP contribution in [0.2, 0.25) is 10.0 Å². The number of hydrogen-bond acceptors (Lipinski definition) is 4. The van der Waals surface area contributed by atoms with Gasteiger partial charge in [-0.1, -0.05) is 41.4 Å². The van der Waals surface area contributed by atoms with Crippen LogP contribution in [-0.4, -0.2) is 35.2 Å². The number of nitrogens with one attached hydrogen (secondary N) is 2. The average molecular weight is 454 g/mol. The van der Waals surface area contributed by atoms with Gasteiger partial charge in [0.2, 0.25) is 0 Å². The fourth-order valence-corrected chi connectivity index (χ4v) is 3.61. The van der Waals surface area contributed by atoms with Crippen LogP contribution in [0.5, 0.6) is 0 Å². The molecule has 4 amide bonds. The van der Waals surface area contributed by atoms with Crippen molar-refractivity contribution >= 4 is 63.9 Å². The molecule has 0 saturated carbocycles. The molecule has 1 heterocycles. The number of carbonyl (C=O) groups is 3. The van der Waals surface area contributed by atoms with Crippen molar-refractivity contribution in [2.24, 2.45) is 0 Å². The van der Waals surface area contributed by atoms with E-state index < -0.39 is 23.0 Å². The Kier molecular flexibility index (Phi) is 6.79. The fraction of sp³-hybridized carbons (Fsp3) is 0.105. The van der Waals surface area contributed by atoms with E-state index >= 15 is 0 Å². The van der Waals surface area contributed by atoms with E-state index in [2.05, 4.69) is 10.6 Å². The number of thioether (sulfide) groups is 1. The van der Waals surface area contributed by atoms with E-state index in [1.54, 1.807) is 18.2 Å².